The Kier molecular flexibility index (Phi) is 11.5. The highest BCUT2D eigenvalue weighted by Gasteiger charge is 2.37. The quantitative estimate of drug-likeness (QED) is 0.449. The first-order chi connectivity index (χ1) is 18.5. The summed E-state index contributed by atoms with van der Waals surface area (Å²) in [5.74, 6) is 2.78. The molecule has 2 unspecified atom stereocenters. The standard InChI is InChI=1S/C28H42N4O4S2/c1-36-28(35)32-20-38-19-25(32)27(34)30-24(18-37-17-22-10-6-3-7-11-22)26(33)29-23-12-14-31(15-13-23)16-21-8-4-2-5-9-21/h2,4-5,8-9,22-25H,3,6-7,10-20H2,1H3,(H,29,33)(H,30,34). The van der Waals surface area contributed by atoms with Crippen LogP contribution in [0.4, 0.5) is 4.79 Å². The van der Waals surface area contributed by atoms with Crippen LogP contribution < -0.4 is 10.6 Å². The third-order valence-corrected chi connectivity index (χ3v) is 10.1. The number of hydrogen-bond donors (Lipinski definition) is 2. The lowest BCUT2D eigenvalue weighted by Gasteiger charge is -2.33. The second-order valence-corrected chi connectivity index (χ2v) is 12.7. The molecule has 1 saturated carbocycles. The number of piperidine rings is 1. The van der Waals surface area contributed by atoms with Crippen molar-refractivity contribution in [3.63, 3.8) is 0 Å². The number of benzene rings is 1. The molecule has 1 aromatic carbocycles. The number of nitrogens with zero attached hydrogens (tertiary/aromatic N) is 2. The molecule has 38 heavy (non-hydrogen) atoms. The summed E-state index contributed by atoms with van der Waals surface area (Å²) in [4.78, 5) is 42.6. The number of hydrogen-bond acceptors (Lipinski definition) is 7. The molecule has 3 aliphatic rings. The molecule has 3 fully saturated rings. The van der Waals surface area contributed by atoms with Gasteiger partial charge in [-0.15, -0.1) is 11.8 Å². The molecule has 2 saturated heterocycles. The maximum absolute atomic E-state index is 13.4. The Balaban J connectivity index is 1.30. The van der Waals surface area contributed by atoms with Crippen LogP contribution in [0.25, 0.3) is 0 Å². The van der Waals surface area contributed by atoms with Gasteiger partial charge >= 0.3 is 6.09 Å². The minimum Gasteiger partial charge on any atom is -0.453 e. The van der Waals surface area contributed by atoms with Gasteiger partial charge in [0.25, 0.3) is 0 Å². The molecular formula is C28H42N4O4S2. The fraction of sp³-hybridized carbons (Fsp3) is 0.679. The van der Waals surface area contributed by atoms with Gasteiger partial charge in [0.05, 0.1) is 13.0 Å². The predicted octanol–water partition coefficient (Wildman–Crippen LogP) is 3.71. The third kappa shape index (κ3) is 8.55. The minimum absolute atomic E-state index is 0.103. The van der Waals surface area contributed by atoms with Gasteiger partial charge in [0.1, 0.15) is 12.1 Å². The largest absolute Gasteiger partial charge is 0.453 e. The van der Waals surface area contributed by atoms with Crippen LogP contribution in [0.5, 0.6) is 0 Å². The van der Waals surface area contributed by atoms with E-state index in [2.05, 4.69) is 39.8 Å². The van der Waals surface area contributed by atoms with Crippen LogP contribution in [0.2, 0.25) is 0 Å². The summed E-state index contributed by atoms with van der Waals surface area (Å²) in [7, 11) is 1.32. The molecule has 10 heteroatoms. The Labute approximate surface area is 235 Å². The Morgan fingerprint density at radius 2 is 1.82 bits per heavy atom. The first-order valence-corrected chi connectivity index (χ1v) is 16.2. The topological polar surface area (TPSA) is 91.0 Å². The third-order valence-electron chi connectivity index (χ3n) is 7.77. The highest BCUT2D eigenvalue weighted by atomic mass is 32.2. The van der Waals surface area contributed by atoms with Crippen LogP contribution in [0, 0.1) is 5.92 Å². The molecule has 0 aromatic heterocycles. The van der Waals surface area contributed by atoms with Crippen molar-refractivity contribution >= 4 is 41.4 Å². The van der Waals surface area contributed by atoms with Crippen molar-refractivity contribution in [2.75, 3.05) is 43.3 Å². The summed E-state index contributed by atoms with van der Waals surface area (Å²) in [6.45, 7) is 2.79. The zero-order valence-electron chi connectivity index (χ0n) is 22.4. The number of carbonyl (C=O) groups is 3. The van der Waals surface area contributed by atoms with Crippen molar-refractivity contribution in [3.05, 3.63) is 35.9 Å². The second-order valence-electron chi connectivity index (χ2n) is 10.6. The Bertz CT molecular complexity index is 907. The van der Waals surface area contributed by atoms with Crippen molar-refractivity contribution in [3.8, 4) is 0 Å². The molecule has 2 heterocycles. The highest BCUT2D eigenvalue weighted by molar-refractivity contribution is 7.99. The second kappa shape index (κ2) is 15.0. The number of thioether (sulfide) groups is 2. The van der Waals surface area contributed by atoms with E-state index >= 15 is 0 Å². The highest BCUT2D eigenvalue weighted by Crippen LogP contribution is 2.27. The lowest BCUT2D eigenvalue weighted by molar-refractivity contribution is -0.130. The molecule has 1 aromatic rings. The maximum atomic E-state index is 13.4. The van der Waals surface area contributed by atoms with Crippen molar-refractivity contribution < 1.29 is 19.1 Å². The van der Waals surface area contributed by atoms with E-state index < -0.39 is 18.2 Å². The van der Waals surface area contributed by atoms with E-state index in [1.165, 1.54) is 61.4 Å². The Morgan fingerprint density at radius 1 is 1.08 bits per heavy atom. The molecule has 0 spiro atoms. The predicted molar refractivity (Wildman–Crippen MR) is 154 cm³/mol. The van der Waals surface area contributed by atoms with E-state index in [1.807, 2.05) is 6.07 Å². The van der Waals surface area contributed by atoms with E-state index in [-0.39, 0.29) is 17.9 Å². The van der Waals surface area contributed by atoms with E-state index in [9.17, 15) is 14.4 Å². The number of amides is 3. The van der Waals surface area contributed by atoms with Crippen molar-refractivity contribution in [1.82, 2.24) is 20.4 Å². The molecule has 0 bridgehead atoms. The molecule has 0 radical (unpaired) electrons. The van der Waals surface area contributed by atoms with Crippen LogP contribution in [0.3, 0.4) is 0 Å². The number of ether oxygens (including phenoxy) is 1. The summed E-state index contributed by atoms with van der Waals surface area (Å²) in [5.41, 5.74) is 1.30. The van der Waals surface area contributed by atoms with Gasteiger partial charge in [-0.05, 0) is 42.9 Å². The molecule has 3 amide bonds. The minimum atomic E-state index is -0.622. The van der Waals surface area contributed by atoms with Gasteiger partial charge in [0.2, 0.25) is 11.8 Å². The monoisotopic (exact) mass is 562 g/mol. The lowest BCUT2D eigenvalue weighted by Crippen LogP contribution is -2.56. The Morgan fingerprint density at radius 3 is 2.53 bits per heavy atom. The zero-order valence-corrected chi connectivity index (χ0v) is 24.1. The first-order valence-electron chi connectivity index (χ1n) is 13.9. The molecular weight excluding hydrogens is 520 g/mol. The van der Waals surface area contributed by atoms with Gasteiger partial charge in [-0.25, -0.2) is 4.79 Å². The molecule has 2 atom stereocenters. The SMILES string of the molecule is COC(=O)N1CSCC1C(=O)NC(CSCC1CCCCC1)C(=O)NC1CCN(Cc2ccccc2)CC1. The molecule has 4 rings (SSSR count). The van der Waals surface area contributed by atoms with Gasteiger partial charge in [-0.3, -0.25) is 19.4 Å². The van der Waals surface area contributed by atoms with Gasteiger partial charge in [-0.2, -0.15) is 11.8 Å². The van der Waals surface area contributed by atoms with Crippen molar-refractivity contribution in [1.29, 1.82) is 0 Å². The Hall–Kier alpha value is -1.91. The number of likely N-dealkylation sites (tertiary alicyclic amines) is 1. The van der Waals surface area contributed by atoms with E-state index in [1.54, 1.807) is 11.8 Å². The van der Waals surface area contributed by atoms with Gasteiger partial charge in [0, 0.05) is 37.2 Å². The fourth-order valence-corrected chi connectivity index (χ4v) is 7.91. The normalized spacial score (nSPS) is 22.1. The summed E-state index contributed by atoms with van der Waals surface area (Å²) in [5, 5.41) is 6.22. The molecule has 1 aliphatic carbocycles. The zero-order chi connectivity index (χ0) is 26.7. The van der Waals surface area contributed by atoms with E-state index in [0.717, 1.165) is 38.2 Å². The van der Waals surface area contributed by atoms with E-state index in [4.69, 9.17) is 4.74 Å². The van der Waals surface area contributed by atoms with Crippen LogP contribution in [-0.2, 0) is 20.9 Å². The smallest absolute Gasteiger partial charge is 0.410 e. The first kappa shape index (κ1) is 29.1. The van der Waals surface area contributed by atoms with Crippen molar-refractivity contribution in [2.45, 2.75) is 69.6 Å². The van der Waals surface area contributed by atoms with Crippen LogP contribution in [-0.4, -0.2) is 89.2 Å². The average molecular weight is 563 g/mol. The summed E-state index contributed by atoms with van der Waals surface area (Å²) >= 11 is 3.28. The summed E-state index contributed by atoms with van der Waals surface area (Å²) in [6.07, 6.45) is 7.69. The molecule has 2 N–H and O–H groups in total. The molecule has 210 valence electrons. The number of methoxy groups -OCH3 is 1. The lowest BCUT2D eigenvalue weighted by atomic mass is 9.91. The van der Waals surface area contributed by atoms with Gasteiger partial charge in [0.15, 0.2) is 0 Å². The number of rotatable bonds is 10. The number of carbonyl (C=O) groups excluding carboxylic acids is 3. The van der Waals surface area contributed by atoms with Crippen LogP contribution in [0.1, 0.15) is 50.5 Å². The van der Waals surface area contributed by atoms with Crippen LogP contribution >= 0.6 is 23.5 Å². The average Bonchev–Trinajstić information content (AvgIpc) is 3.44. The summed E-state index contributed by atoms with van der Waals surface area (Å²) in [6, 6.07) is 9.33. The fourth-order valence-electron chi connectivity index (χ4n) is 5.49. The van der Waals surface area contributed by atoms with Gasteiger partial charge < -0.3 is 15.4 Å². The molecule has 2 aliphatic heterocycles. The van der Waals surface area contributed by atoms with Crippen LogP contribution in [0.15, 0.2) is 30.3 Å². The molecule has 8 nitrogen and oxygen atoms in total. The maximum Gasteiger partial charge on any atom is 0.410 e. The van der Waals surface area contributed by atoms with Crippen molar-refractivity contribution in [2.24, 2.45) is 5.92 Å². The summed E-state index contributed by atoms with van der Waals surface area (Å²) < 4.78 is 4.85. The van der Waals surface area contributed by atoms with Gasteiger partial charge in [-0.1, -0.05) is 49.6 Å². The van der Waals surface area contributed by atoms with E-state index in [0.29, 0.717) is 23.3 Å². The number of nitrogens with one attached hydrogen (secondary N) is 2.